The van der Waals surface area contributed by atoms with Crippen molar-refractivity contribution in [3.63, 3.8) is 0 Å². The monoisotopic (exact) mass is 343 g/mol. The molecule has 1 amide bonds. The molecule has 2 aromatic rings. The van der Waals surface area contributed by atoms with E-state index in [0.717, 1.165) is 5.56 Å². The molecule has 0 radical (unpaired) electrons. The highest BCUT2D eigenvalue weighted by molar-refractivity contribution is 6.30. The molecule has 2 unspecified atom stereocenters. The predicted octanol–water partition coefficient (Wildman–Crippen LogP) is 2.00. The number of nitriles is 1. The summed E-state index contributed by atoms with van der Waals surface area (Å²) in [6.07, 6.45) is -0.863. The van der Waals surface area contributed by atoms with Crippen molar-refractivity contribution in [1.29, 1.82) is 5.26 Å². The lowest BCUT2D eigenvalue weighted by Gasteiger charge is -2.19. The largest absolute Gasteiger partial charge is 0.325 e. The summed E-state index contributed by atoms with van der Waals surface area (Å²) in [5.41, 5.74) is 13.2. The first kappa shape index (κ1) is 17.9. The Morgan fingerprint density at radius 1 is 1.21 bits per heavy atom. The van der Waals surface area contributed by atoms with E-state index in [1.54, 1.807) is 24.3 Å². The zero-order valence-corrected chi connectivity index (χ0v) is 13.6. The lowest BCUT2D eigenvalue weighted by molar-refractivity contribution is -0.119. The molecule has 0 aromatic heterocycles. The second-order valence-electron chi connectivity index (χ2n) is 5.12. The van der Waals surface area contributed by atoms with E-state index >= 15 is 0 Å². The van der Waals surface area contributed by atoms with E-state index < -0.39 is 18.0 Å². The molecule has 0 fully saturated rings. The summed E-state index contributed by atoms with van der Waals surface area (Å²) in [5.74, 6) is -1.56. The van der Waals surface area contributed by atoms with Crippen LogP contribution in [0.25, 0.3) is 0 Å². The van der Waals surface area contributed by atoms with Crippen LogP contribution < -0.4 is 21.9 Å². The second-order valence-corrected chi connectivity index (χ2v) is 5.55. The van der Waals surface area contributed by atoms with Crippen molar-refractivity contribution in [3.05, 3.63) is 65.2 Å². The summed E-state index contributed by atoms with van der Waals surface area (Å²) in [6, 6.07) is 18.3. The fourth-order valence-electron chi connectivity index (χ4n) is 2.04. The van der Waals surface area contributed by atoms with E-state index in [2.05, 4.69) is 16.2 Å². The van der Waals surface area contributed by atoms with Crippen LogP contribution >= 0.6 is 11.6 Å². The minimum Gasteiger partial charge on any atom is -0.325 e. The highest BCUT2D eigenvalue weighted by atomic mass is 35.5. The van der Waals surface area contributed by atoms with Gasteiger partial charge in [-0.1, -0.05) is 48.0 Å². The number of hydrogen-bond donors (Lipinski definition) is 4. The Balaban J connectivity index is 1.87. The van der Waals surface area contributed by atoms with Crippen LogP contribution in [0.2, 0.25) is 5.02 Å². The van der Waals surface area contributed by atoms with Gasteiger partial charge in [0.05, 0.1) is 12.2 Å². The quantitative estimate of drug-likeness (QED) is 0.455. The SMILES string of the molecule is N#CC(C(=O)Nc1cccc(Cl)c1)C(N)NNCc1ccccc1. The standard InChI is InChI=1S/C17H18ClN5O/c18-13-7-4-8-14(9-13)22-17(24)15(10-19)16(20)23-21-11-12-5-2-1-3-6-12/h1-9,15-16,21,23H,11,20H2,(H,22,24). The van der Waals surface area contributed by atoms with Gasteiger partial charge in [-0.2, -0.15) is 5.26 Å². The van der Waals surface area contributed by atoms with E-state index in [1.807, 2.05) is 36.4 Å². The molecule has 24 heavy (non-hydrogen) atoms. The first-order valence-electron chi connectivity index (χ1n) is 7.34. The summed E-state index contributed by atoms with van der Waals surface area (Å²) in [6.45, 7) is 0.516. The Morgan fingerprint density at radius 2 is 1.96 bits per heavy atom. The van der Waals surface area contributed by atoms with Crippen molar-refractivity contribution in [2.24, 2.45) is 11.7 Å². The van der Waals surface area contributed by atoms with Crippen molar-refractivity contribution < 1.29 is 4.79 Å². The van der Waals surface area contributed by atoms with Crippen molar-refractivity contribution >= 4 is 23.2 Å². The molecule has 0 bridgehead atoms. The number of halogens is 1. The van der Waals surface area contributed by atoms with Gasteiger partial charge in [0.15, 0.2) is 5.92 Å². The van der Waals surface area contributed by atoms with Gasteiger partial charge in [0.25, 0.3) is 0 Å². The van der Waals surface area contributed by atoms with E-state index in [1.165, 1.54) is 0 Å². The number of nitrogens with two attached hydrogens (primary N) is 1. The molecule has 2 atom stereocenters. The molecule has 0 aliphatic rings. The summed E-state index contributed by atoms with van der Waals surface area (Å²) < 4.78 is 0. The van der Waals surface area contributed by atoms with Gasteiger partial charge in [0.1, 0.15) is 0 Å². The summed E-state index contributed by atoms with van der Waals surface area (Å²) in [5, 5.41) is 12.4. The molecule has 0 aliphatic carbocycles. The molecule has 7 heteroatoms. The van der Waals surface area contributed by atoms with Gasteiger partial charge >= 0.3 is 0 Å². The normalized spacial score (nSPS) is 12.9. The Kier molecular flexibility index (Phi) is 6.73. The average Bonchev–Trinajstić information content (AvgIpc) is 2.56. The summed E-state index contributed by atoms with van der Waals surface area (Å²) >= 11 is 5.87. The van der Waals surface area contributed by atoms with Crippen LogP contribution in [0, 0.1) is 17.2 Å². The average molecular weight is 344 g/mol. The summed E-state index contributed by atoms with van der Waals surface area (Å²) in [7, 11) is 0. The van der Waals surface area contributed by atoms with Crippen LogP contribution in [0.15, 0.2) is 54.6 Å². The Bertz CT molecular complexity index is 716. The van der Waals surface area contributed by atoms with E-state index in [-0.39, 0.29) is 0 Å². The van der Waals surface area contributed by atoms with Gasteiger partial charge in [0, 0.05) is 17.3 Å². The van der Waals surface area contributed by atoms with E-state index in [9.17, 15) is 10.1 Å². The molecule has 0 saturated heterocycles. The maximum atomic E-state index is 12.2. The second kappa shape index (κ2) is 9.01. The number of carbonyl (C=O) groups is 1. The number of carbonyl (C=O) groups excluding carboxylic acids is 1. The van der Waals surface area contributed by atoms with Crippen molar-refractivity contribution in [1.82, 2.24) is 10.9 Å². The predicted molar refractivity (Wildman–Crippen MR) is 93.6 cm³/mol. The van der Waals surface area contributed by atoms with Crippen LogP contribution in [0.3, 0.4) is 0 Å². The third kappa shape index (κ3) is 5.33. The van der Waals surface area contributed by atoms with Gasteiger partial charge in [-0.3, -0.25) is 10.2 Å². The molecule has 5 N–H and O–H groups in total. The molecule has 0 spiro atoms. The maximum absolute atomic E-state index is 12.2. The Morgan fingerprint density at radius 3 is 2.62 bits per heavy atom. The molecule has 2 rings (SSSR count). The van der Waals surface area contributed by atoms with Gasteiger partial charge in [-0.05, 0) is 23.8 Å². The van der Waals surface area contributed by atoms with Gasteiger partial charge in [0.2, 0.25) is 5.91 Å². The van der Waals surface area contributed by atoms with Gasteiger partial charge < -0.3 is 11.1 Å². The molecule has 2 aromatic carbocycles. The Labute approximate surface area is 145 Å². The fourth-order valence-corrected chi connectivity index (χ4v) is 2.23. The molecule has 6 nitrogen and oxygen atoms in total. The van der Waals surface area contributed by atoms with Gasteiger partial charge in [-0.15, -0.1) is 0 Å². The molecular weight excluding hydrogens is 326 g/mol. The zero-order valence-electron chi connectivity index (χ0n) is 12.9. The molecule has 124 valence electrons. The number of nitrogens with zero attached hydrogens (tertiary/aromatic N) is 1. The van der Waals surface area contributed by atoms with Crippen LogP contribution in [0.5, 0.6) is 0 Å². The number of hydrogen-bond acceptors (Lipinski definition) is 5. The number of benzene rings is 2. The van der Waals surface area contributed by atoms with Crippen molar-refractivity contribution in [2.75, 3.05) is 5.32 Å². The number of rotatable bonds is 7. The minimum atomic E-state index is -1.06. The third-order valence-corrected chi connectivity index (χ3v) is 3.51. The number of nitrogens with one attached hydrogen (secondary N) is 3. The maximum Gasteiger partial charge on any atom is 0.244 e. The highest BCUT2D eigenvalue weighted by Crippen LogP contribution is 2.16. The minimum absolute atomic E-state index is 0.494. The molecular formula is C17H18ClN5O. The molecule has 0 aliphatic heterocycles. The highest BCUT2D eigenvalue weighted by Gasteiger charge is 2.25. The first-order valence-corrected chi connectivity index (χ1v) is 7.72. The topological polar surface area (TPSA) is 103 Å². The lowest BCUT2D eigenvalue weighted by atomic mass is 10.1. The number of anilines is 1. The fraction of sp³-hybridized carbons (Fsp3) is 0.176. The van der Waals surface area contributed by atoms with Gasteiger partial charge in [-0.25, -0.2) is 5.43 Å². The lowest BCUT2D eigenvalue weighted by Crippen LogP contribution is -2.53. The van der Waals surface area contributed by atoms with Crippen LogP contribution in [-0.4, -0.2) is 12.1 Å². The number of amides is 1. The summed E-state index contributed by atoms with van der Waals surface area (Å²) in [4.78, 5) is 12.2. The van der Waals surface area contributed by atoms with E-state index in [4.69, 9.17) is 17.3 Å². The van der Waals surface area contributed by atoms with Crippen LogP contribution in [-0.2, 0) is 11.3 Å². The molecule has 0 heterocycles. The smallest absolute Gasteiger partial charge is 0.244 e. The van der Waals surface area contributed by atoms with E-state index in [0.29, 0.717) is 17.3 Å². The van der Waals surface area contributed by atoms with Crippen molar-refractivity contribution in [2.45, 2.75) is 12.7 Å². The van der Waals surface area contributed by atoms with Crippen molar-refractivity contribution in [3.8, 4) is 6.07 Å². The van der Waals surface area contributed by atoms with Crippen LogP contribution in [0.4, 0.5) is 5.69 Å². The first-order chi connectivity index (χ1) is 11.6. The molecule has 0 saturated carbocycles. The zero-order chi connectivity index (χ0) is 17.4. The number of hydrazine groups is 1. The Hall–Kier alpha value is -2.43. The third-order valence-electron chi connectivity index (χ3n) is 3.28. The van der Waals surface area contributed by atoms with Crippen LogP contribution in [0.1, 0.15) is 5.56 Å².